The summed E-state index contributed by atoms with van der Waals surface area (Å²) in [5, 5.41) is 7.73. The van der Waals surface area contributed by atoms with Gasteiger partial charge in [-0.1, -0.05) is 12.8 Å². The lowest BCUT2D eigenvalue weighted by Gasteiger charge is -2.23. The largest absolute Gasteiger partial charge is 0.320 e. The van der Waals surface area contributed by atoms with E-state index in [2.05, 4.69) is 15.2 Å². The molecule has 0 unspecified atom stereocenters. The van der Waals surface area contributed by atoms with E-state index in [-0.39, 0.29) is 11.4 Å². The number of H-pyrrole nitrogens is 2. The summed E-state index contributed by atoms with van der Waals surface area (Å²) in [5.41, 5.74) is 11.1. The molecule has 1 aromatic carbocycles. The maximum Gasteiger partial charge on any atom is 0.167 e. The van der Waals surface area contributed by atoms with Gasteiger partial charge in [0.25, 0.3) is 0 Å². The summed E-state index contributed by atoms with van der Waals surface area (Å²) < 4.78 is 13.3. The van der Waals surface area contributed by atoms with E-state index in [1.54, 1.807) is 12.1 Å². The Morgan fingerprint density at radius 2 is 1.67 bits per heavy atom. The summed E-state index contributed by atoms with van der Waals surface area (Å²) in [7, 11) is 0. The lowest BCUT2D eigenvalue weighted by atomic mass is 9.87. The highest BCUT2D eigenvalue weighted by Gasteiger charge is 2.36. The van der Waals surface area contributed by atoms with Crippen LogP contribution in [0.2, 0.25) is 0 Å². The Kier molecular flexibility index (Phi) is 3.65. The van der Waals surface area contributed by atoms with Crippen LogP contribution in [0.25, 0.3) is 22.4 Å². The van der Waals surface area contributed by atoms with Gasteiger partial charge < -0.3 is 5.73 Å². The standard InChI is InChI=1S/C19H19FN4/c20-15-5-3-14(4-6-15)17-16(13-7-11-22-12-8-13)18(24-23-17)19(21)9-1-2-10-19/h3-8,11-12H,1-2,9-10,21H2,(H,23,24)/p+1. The van der Waals surface area contributed by atoms with Crippen LogP contribution in [-0.4, -0.2) is 10.2 Å². The minimum absolute atomic E-state index is 0.253. The third-order valence-corrected chi connectivity index (χ3v) is 4.88. The van der Waals surface area contributed by atoms with Gasteiger partial charge >= 0.3 is 0 Å². The quantitative estimate of drug-likeness (QED) is 0.775. The highest BCUT2D eigenvalue weighted by Crippen LogP contribution is 2.43. The molecule has 0 spiro atoms. The number of benzene rings is 1. The normalized spacial score (nSPS) is 16.4. The SMILES string of the molecule is NC1(c2[nH]nc(-c3ccc(F)cc3)c2-c2cc[nH+]cc2)CCCC1. The predicted octanol–water partition coefficient (Wildman–Crippen LogP) is 3.42. The molecule has 2 heterocycles. The van der Waals surface area contributed by atoms with E-state index in [1.165, 1.54) is 12.1 Å². The van der Waals surface area contributed by atoms with E-state index in [4.69, 9.17) is 5.73 Å². The van der Waals surface area contributed by atoms with Crippen LogP contribution in [0.5, 0.6) is 0 Å². The zero-order valence-corrected chi connectivity index (χ0v) is 13.3. The molecule has 4 N–H and O–H groups in total. The van der Waals surface area contributed by atoms with E-state index < -0.39 is 0 Å². The van der Waals surface area contributed by atoms with Gasteiger partial charge in [0, 0.05) is 23.3 Å². The van der Waals surface area contributed by atoms with Crippen LogP contribution >= 0.6 is 0 Å². The van der Waals surface area contributed by atoms with Gasteiger partial charge in [-0.05, 0) is 42.7 Å². The Balaban J connectivity index is 1.92. The van der Waals surface area contributed by atoms with Crippen molar-refractivity contribution in [3.63, 3.8) is 0 Å². The van der Waals surface area contributed by atoms with E-state index in [9.17, 15) is 4.39 Å². The first-order valence-electron chi connectivity index (χ1n) is 8.27. The molecule has 122 valence electrons. The fourth-order valence-electron chi connectivity index (χ4n) is 3.61. The number of hydrogen-bond acceptors (Lipinski definition) is 2. The van der Waals surface area contributed by atoms with Crippen molar-refractivity contribution in [1.29, 1.82) is 0 Å². The average Bonchev–Trinajstić information content (AvgIpc) is 3.24. The third kappa shape index (κ3) is 2.51. The maximum atomic E-state index is 13.3. The molecule has 3 aromatic rings. The van der Waals surface area contributed by atoms with Gasteiger partial charge in [-0.15, -0.1) is 0 Å². The molecule has 2 aromatic heterocycles. The average molecular weight is 323 g/mol. The molecule has 0 radical (unpaired) electrons. The topological polar surface area (TPSA) is 68.8 Å². The molecule has 0 amide bonds. The second-order valence-electron chi connectivity index (χ2n) is 6.48. The molecule has 24 heavy (non-hydrogen) atoms. The molecule has 1 aliphatic rings. The van der Waals surface area contributed by atoms with Gasteiger partial charge in [0.05, 0.1) is 11.2 Å². The Hall–Kier alpha value is -2.53. The van der Waals surface area contributed by atoms with Crippen molar-refractivity contribution < 1.29 is 9.37 Å². The molecule has 1 saturated carbocycles. The monoisotopic (exact) mass is 323 g/mol. The van der Waals surface area contributed by atoms with Crippen LogP contribution < -0.4 is 10.7 Å². The summed E-state index contributed by atoms with van der Waals surface area (Å²) in [6, 6.07) is 10.5. The van der Waals surface area contributed by atoms with E-state index in [0.717, 1.165) is 53.8 Å². The number of aromatic nitrogens is 3. The summed E-state index contributed by atoms with van der Waals surface area (Å²) >= 11 is 0. The van der Waals surface area contributed by atoms with Gasteiger partial charge in [-0.2, -0.15) is 5.10 Å². The smallest absolute Gasteiger partial charge is 0.167 e. The molecule has 0 atom stereocenters. The minimum atomic E-state index is -0.375. The second kappa shape index (κ2) is 5.83. The molecule has 5 heteroatoms. The molecule has 0 aliphatic heterocycles. The van der Waals surface area contributed by atoms with Crippen molar-refractivity contribution >= 4 is 0 Å². The van der Waals surface area contributed by atoms with Gasteiger partial charge in [-0.25, -0.2) is 9.37 Å². The van der Waals surface area contributed by atoms with Crippen LogP contribution in [0.4, 0.5) is 4.39 Å². The highest BCUT2D eigenvalue weighted by atomic mass is 19.1. The number of nitrogens with one attached hydrogen (secondary N) is 2. The number of rotatable bonds is 3. The van der Waals surface area contributed by atoms with E-state index in [1.807, 2.05) is 24.5 Å². The molecule has 0 saturated heterocycles. The summed E-state index contributed by atoms with van der Waals surface area (Å²) in [4.78, 5) is 3.05. The number of nitrogens with two attached hydrogens (primary N) is 1. The molecule has 1 fully saturated rings. The fourth-order valence-corrected chi connectivity index (χ4v) is 3.61. The number of hydrogen-bond donors (Lipinski definition) is 2. The first-order valence-corrected chi connectivity index (χ1v) is 8.27. The van der Waals surface area contributed by atoms with E-state index in [0.29, 0.717) is 0 Å². The van der Waals surface area contributed by atoms with Crippen LogP contribution in [0, 0.1) is 5.82 Å². The zero-order chi connectivity index (χ0) is 16.6. The second-order valence-corrected chi connectivity index (χ2v) is 6.48. The summed E-state index contributed by atoms with van der Waals surface area (Å²) in [6.07, 6.45) is 7.93. The predicted molar refractivity (Wildman–Crippen MR) is 90.3 cm³/mol. The Labute approximate surface area is 139 Å². The lowest BCUT2D eigenvalue weighted by molar-refractivity contribution is -0.377. The minimum Gasteiger partial charge on any atom is -0.320 e. The van der Waals surface area contributed by atoms with Crippen LogP contribution in [0.1, 0.15) is 31.4 Å². The third-order valence-electron chi connectivity index (χ3n) is 4.88. The van der Waals surface area contributed by atoms with Crippen LogP contribution in [0.15, 0.2) is 48.8 Å². The van der Waals surface area contributed by atoms with Gasteiger partial charge in [-0.3, -0.25) is 5.10 Å². The van der Waals surface area contributed by atoms with Crippen molar-refractivity contribution in [2.75, 3.05) is 0 Å². The molecule has 4 rings (SSSR count). The number of nitrogens with zero attached hydrogens (tertiary/aromatic N) is 1. The molecular formula is C19H20FN4+. The van der Waals surface area contributed by atoms with Gasteiger partial charge in [0.15, 0.2) is 12.4 Å². The Morgan fingerprint density at radius 1 is 1.00 bits per heavy atom. The Bertz CT molecular complexity index is 834. The Morgan fingerprint density at radius 3 is 2.33 bits per heavy atom. The van der Waals surface area contributed by atoms with Gasteiger partial charge in [0.2, 0.25) is 0 Å². The van der Waals surface area contributed by atoms with Crippen molar-refractivity contribution in [1.82, 2.24) is 10.2 Å². The molecule has 0 bridgehead atoms. The van der Waals surface area contributed by atoms with Crippen LogP contribution in [-0.2, 0) is 5.54 Å². The van der Waals surface area contributed by atoms with Crippen molar-refractivity contribution in [3.05, 3.63) is 60.3 Å². The summed E-state index contributed by atoms with van der Waals surface area (Å²) in [5.74, 6) is -0.253. The van der Waals surface area contributed by atoms with Crippen molar-refractivity contribution in [2.24, 2.45) is 5.73 Å². The maximum absolute atomic E-state index is 13.3. The fraction of sp³-hybridized carbons (Fsp3) is 0.263. The van der Waals surface area contributed by atoms with Crippen LogP contribution in [0.3, 0.4) is 0 Å². The molecule has 1 aliphatic carbocycles. The highest BCUT2D eigenvalue weighted by molar-refractivity contribution is 5.83. The van der Waals surface area contributed by atoms with Crippen molar-refractivity contribution in [2.45, 2.75) is 31.2 Å². The summed E-state index contributed by atoms with van der Waals surface area (Å²) in [6.45, 7) is 0. The zero-order valence-electron chi connectivity index (χ0n) is 13.3. The number of pyridine rings is 1. The molecule has 4 nitrogen and oxygen atoms in total. The number of aromatic amines is 2. The first-order chi connectivity index (χ1) is 11.7. The number of halogens is 1. The van der Waals surface area contributed by atoms with Gasteiger partial charge in [0.1, 0.15) is 11.5 Å². The van der Waals surface area contributed by atoms with E-state index >= 15 is 0 Å². The molecular weight excluding hydrogens is 303 g/mol. The van der Waals surface area contributed by atoms with Crippen molar-refractivity contribution in [3.8, 4) is 22.4 Å². The lowest BCUT2D eigenvalue weighted by Crippen LogP contribution is -2.34. The first kappa shape index (κ1) is 15.0.